The van der Waals surface area contributed by atoms with Gasteiger partial charge in [-0.15, -0.1) is 0 Å². The molecule has 0 atom stereocenters. The third-order valence-electron chi connectivity index (χ3n) is 3.63. The first-order valence-corrected chi connectivity index (χ1v) is 7.04. The standard InChI is InChI=1S/C15H21N3O3/c1-17(2)15(21)18-9-7-11(8-10-18)16-14(20)12-5-3-4-6-13(12)19/h3-6,11,19H,7-10H2,1-2H3,(H,16,20). The summed E-state index contributed by atoms with van der Waals surface area (Å²) in [5, 5.41) is 12.6. The molecule has 3 amide bonds. The molecule has 0 aliphatic carbocycles. The minimum Gasteiger partial charge on any atom is -0.507 e. The highest BCUT2D eigenvalue weighted by Gasteiger charge is 2.25. The smallest absolute Gasteiger partial charge is 0.319 e. The van der Waals surface area contributed by atoms with Gasteiger partial charge in [0.1, 0.15) is 5.75 Å². The number of hydrogen-bond donors (Lipinski definition) is 2. The Morgan fingerprint density at radius 3 is 2.43 bits per heavy atom. The van der Waals surface area contributed by atoms with Crippen LogP contribution in [0.5, 0.6) is 5.75 Å². The number of rotatable bonds is 2. The van der Waals surface area contributed by atoms with Gasteiger partial charge in [0, 0.05) is 33.2 Å². The summed E-state index contributed by atoms with van der Waals surface area (Å²) in [7, 11) is 3.46. The Balaban J connectivity index is 1.88. The van der Waals surface area contributed by atoms with Crippen LogP contribution in [0.1, 0.15) is 23.2 Å². The van der Waals surface area contributed by atoms with E-state index in [4.69, 9.17) is 0 Å². The van der Waals surface area contributed by atoms with E-state index in [1.807, 2.05) is 0 Å². The van der Waals surface area contributed by atoms with Gasteiger partial charge in [-0.3, -0.25) is 4.79 Å². The fourth-order valence-electron chi connectivity index (χ4n) is 2.43. The first kappa shape index (κ1) is 15.2. The normalized spacial score (nSPS) is 15.6. The van der Waals surface area contributed by atoms with Gasteiger partial charge in [0.2, 0.25) is 0 Å². The van der Waals surface area contributed by atoms with Crippen LogP contribution in [0.25, 0.3) is 0 Å². The highest BCUT2D eigenvalue weighted by molar-refractivity contribution is 5.96. The molecule has 6 heteroatoms. The van der Waals surface area contributed by atoms with E-state index in [9.17, 15) is 14.7 Å². The van der Waals surface area contributed by atoms with E-state index in [0.29, 0.717) is 13.1 Å². The van der Waals surface area contributed by atoms with Gasteiger partial charge in [-0.1, -0.05) is 12.1 Å². The second-order valence-corrected chi connectivity index (χ2v) is 5.43. The van der Waals surface area contributed by atoms with Gasteiger partial charge in [0.25, 0.3) is 5.91 Å². The topological polar surface area (TPSA) is 72.9 Å². The van der Waals surface area contributed by atoms with Gasteiger partial charge < -0.3 is 20.2 Å². The lowest BCUT2D eigenvalue weighted by atomic mass is 10.0. The van der Waals surface area contributed by atoms with Crippen molar-refractivity contribution < 1.29 is 14.7 Å². The molecule has 1 aliphatic rings. The number of hydrogen-bond acceptors (Lipinski definition) is 3. The van der Waals surface area contributed by atoms with Crippen LogP contribution in [0.4, 0.5) is 4.79 Å². The number of piperidine rings is 1. The Labute approximate surface area is 124 Å². The maximum atomic E-state index is 12.1. The molecule has 0 radical (unpaired) electrons. The molecule has 1 aliphatic heterocycles. The molecule has 0 saturated carbocycles. The van der Waals surface area contributed by atoms with Gasteiger partial charge in [-0.2, -0.15) is 0 Å². The third-order valence-corrected chi connectivity index (χ3v) is 3.63. The fourth-order valence-corrected chi connectivity index (χ4v) is 2.43. The van der Waals surface area contributed by atoms with Crippen LogP contribution in [0.3, 0.4) is 0 Å². The molecule has 0 spiro atoms. The van der Waals surface area contributed by atoms with Gasteiger partial charge >= 0.3 is 6.03 Å². The minimum atomic E-state index is -0.273. The van der Waals surface area contributed by atoms with Crippen LogP contribution < -0.4 is 5.32 Å². The highest BCUT2D eigenvalue weighted by atomic mass is 16.3. The number of benzene rings is 1. The quantitative estimate of drug-likeness (QED) is 0.862. The SMILES string of the molecule is CN(C)C(=O)N1CCC(NC(=O)c2ccccc2O)CC1. The summed E-state index contributed by atoms with van der Waals surface area (Å²) in [6.45, 7) is 1.26. The third kappa shape index (κ3) is 3.65. The Morgan fingerprint density at radius 2 is 1.86 bits per heavy atom. The van der Waals surface area contributed by atoms with Crippen molar-refractivity contribution >= 4 is 11.9 Å². The number of likely N-dealkylation sites (tertiary alicyclic amines) is 1. The number of nitrogens with one attached hydrogen (secondary N) is 1. The van der Waals surface area contributed by atoms with E-state index >= 15 is 0 Å². The molecule has 1 fully saturated rings. The lowest BCUT2D eigenvalue weighted by molar-refractivity contribution is 0.0911. The maximum Gasteiger partial charge on any atom is 0.319 e. The van der Waals surface area contributed by atoms with E-state index < -0.39 is 0 Å². The van der Waals surface area contributed by atoms with Crippen molar-refractivity contribution in [2.75, 3.05) is 27.2 Å². The number of phenolic OH excluding ortho intramolecular Hbond substituents is 1. The van der Waals surface area contributed by atoms with Crippen molar-refractivity contribution in [3.05, 3.63) is 29.8 Å². The Bertz CT molecular complexity index is 523. The number of carbonyl (C=O) groups is 2. The molecule has 1 aromatic rings. The molecule has 0 aromatic heterocycles. The number of aromatic hydroxyl groups is 1. The Kier molecular flexibility index (Phi) is 4.67. The molecule has 0 bridgehead atoms. The molecular formula is C15H21N3O3. The predicted molar refractivity (Wildman–Crippen MR) is 79.3 cm³/mol. The summed E-state index contributed by atoms with van der Waals surface area (Å²) in [5.41, 5.74) is 0.282. The number of carbonyl (C=O) groups excluding carboxylic acids is 2. The summed E-state index contributed by atoms with van der Waals surface area (Å²) in [6.07, 6.45) is 1.44. The molecule has 1 heterocycles. The summed E-state index contributed by atoms with van der Waals surface area (Å²) >= 11 is 0. The van der Waals surface area contributed by atoms with Crippen molar-refractivity contribution in [2.45, 2.75) is 18.9 Å². The second kappa shape index (κ2) is 6.47. The molecule has 1 aromatic carbocycles. The molecular weight excluding hydrogens is 270 g/mol. The van der Waals surface area contributed by atoms with E-state index in [1.165, 1.54) is 6.07 Å². The summed E-state index contributed by atoms with van der Waals surface area (Å²) in [6, 6.07) is 6.51. The summed E-state index contributed by atoms with van der Waals surface area (Å²) in [4.78, 5) is 27.3. The zero-order chi connectivity index (χ0) is 15.4. The van der Waals surface area contributed by atoms with Crippen molar-refractivity contribution in [2.24, 2.45) is 0 Å². The van der Waals surface area contributed by atoms with E-state index in [2.05, 4.69) is 5.32 Å². The first-order valence-electron chi connectivity index (χ1n) is 7.04. The van der Waals surface area contributed by atoms with Gasteiger partial charge in [-0.05, 0) is 25.0 Å². The van der Waals surface area contributed by atoms with Crippen molar-refractivity contribution in [1.29, 1.82) is 0 Å². The molecule has 1 saturated heterocycles. The molecule has 0 unspecified atom stereocenters. The van der Waals surface area contributed by atoms with Crippen LogP contribution in [-0.2, 0) is 0 Å². The van der Waals surface area contributed by atoms with Crippen molar-refractivity contribution in [1.82, 2.24) is 15.1 Å². The number of amides is 3. The van der Waals surface area contributed by atoms with Gasteiger partial charge in [-0.25, -0.2) is 4.79 Å². The molecule has 6 nitrogen and oxygen atoms in total. The molecule has 2 N–H and O–H groups in total. The number of nitrogens with zero attached hydrogens (tertiary/aromatic N) is 2. The van der Waals surface area contributed by atoms with Crippen LogP contribution in [0.15, 0.2) is 24.3 Å². The largest absolute Gasteiger partial charge is 0.507 e. The average Bonchev–Trinajstić information content (AvgIpc) is 2.47. The lowest BCUT2D eigenvalue weighted by Crippen LogP contribution is -2.49. The lowest BCUT2D eigenvalue weighted by Gasteiger charge is -2.33. The minimum absolute atomic E-state index is 0.000445. The van der Waals surface area contributed by atoms with Gasteiger partial charge in [0.05, 0.1) is 5.56 Å². The average molecular weight is 291 g/mol. The Morgan fingerprint density at radius 1 is 1.24 bits per heavy atom. The maximum absolute atomic E-state index is 12.1. The zero-order valence-electron chi connectivity index (χ0n) is 12.4. The number of urea groups is 1. The monoisotopic (exact) mass is 291 g/mol. The van der Waals surface area contributed by atoms with E-state index in [0.717, 1.165) is 12.8 Å². The predicted octanol–water partition coefficient (Wildman–Crippen LogP) is 1.27. The second-order valence-electron chi connectivity index (χ2n) is 5.43. The van der Waals surface area contributed by atoms with Crippen LogP contribution in [-0.4, -0.2) is 60.1 Å². The van der Waals surface area contributed by atoms with Crippen molar-refractivity contribution in [3.63, 3.8) is 0 Å². The van der Waals surface area contributed by atoms with Crippen molar-refractivity contribution in [3.8, 4) is 5.75 Å². The van der Waals surface area contributed by atoms with E-state index in [1.54, 1.807) is 42.1 Å². The molecule has 21 heavy (non-hydrogen) atoms. The highest BCUT2D eigenvalue weighted by Crippen LogP contribution is 2.17. The van der Waals surface area contributed by atoms with E-state index in [-0.39, 0.29) is 29.3 Å². The van der Waals surface area contributed by atoms with Gasteiger partial charge in [0.15, 0.2) is 0 Å². The fraction of sp³-hybridized carbons (Fsp3) is 0.467. The molecule has 2 rings (SSSR count). The van der Waals surface area contributed by atoms with Crippen LogP contribution in [0, 0.1) is 0 Å². The van der Waals surface area contributed by atoms with Crippen LogP contribution in [0.2, 0.25) is 0 Å². The molecule has 114 valence electrons. The Hall–Kier alpha value is -2.24. The number of phenols is 1. The number of para-hydroxylation sites is 1. The van der Waals surface area contributed by atoms with Crippen LogP contribution >= 0.6 is 0 Å². The summed E-state index contributed by atoms with van der Waals surface area (Å²) in [5.74, 6) is -0.291. The first-order chi connectivity index (χ1) is 9.99. The summed E-state index contributed by atoms with van der Waals surface area (Å²) < 4.78 is 0. The zero-order valence-corrected chi connectivity index (χ0v) is 12.4.